The number of nitrogens with zero attached hydrogens (tertiary/aromatic N) is 1. The Hall–Kier alpha value is -1.57. The van der Waals surface area contributed by atoms with E-state index >= 15 is 0 Å². The Morgan fingerprint density at radius 3 is 2.33 bits per heavy atom. The van der Waals surface area contributed by atoms with Crippen molar-refractivity contribution >= 4 is 5.78 Å². The Morgan fingerprint density at radius 2 is 1.87 bits per heavy atom. The Labute approximate surface area is 91.2 Å². The molecule has 2 nitrogen and oxygen atoms in total. The molecule has 0 aliphatic rings. The number of aryl methyl sites for hydroxylation is 1. The number of carbonyl (C=O) groups is 1. The number of carbonyl (C=O) groups excluding carboxylic acids is 1. The van der Waals surface area contributed by atoms with Gasteiger partial charge in [-0.1, -0.05) is 31.2 Å². The van der Waals surface area contributed by atoms with Gasteiger partial charge in [0.15, 0.2) is 5.78 Å². The van der Waals surface area contributed by atoms with E-state index in [1.54, 1.807) is 12.3 Å². The van der Waals surface area contributed by atoms with Crippen molar-refractivity contribution in [2.45, 2.75) is 13.3 Å². The lowest BCUT2D eigenvalue weighted by molar-refractivity contribution is 0.104. The van der Waals surface area contributed by atoms with Gasteiger partial charge in [-0.2, -0.15) is 0 Å². The number of hydrogen-bond acceptors (Lipinski definition) is 2. The Bertz CT molecular complexity index is 349. The third kappa shape index (κ3) is 3.58. The van der Waals surface area contributed by atoms with Crippen LogP contribution in [0.5, 0.6) is 0 Å². The van der Waals surface area contributed by atoms with Crippen LogP contribution in [0.25, 0.3) is 0 Å². The minimum absolute atomic E-state index is 0.0475. The fourth-order valence-electron chi connectivity index (χ4n) is 1.22. The SMILES string of the molecule is CCc1ccc(C(=O)/C=C/N(C)C)cc1. The molecule has 15 heavy (non-hydrogen) atoms. The molecule has 0 bridgehead atoms. The fraction of sp³-hybridized carbons (Fsp3) is 0.308. The lowest BCUT2D eigenvalue weighted by atomic mass is 10.1. The molecule has 1 rings (SSSR count). The van der Waals surface area contributed by atoms with E-state index in [9.17, 15) is 4.79 Å². The molecule has 1 aromatic rings. The molecule has 2 heteroatoms. The standard InChI is InChI=1S/C13H17NO/c1-4-11-5-7-12(8-6-11)13(15)9-10-14(2)3/h5-10H,4H2,1-3H3/b10-9+. The summed E-state index contributed by atoms with van der Waals surface area (Å²) in [6.45, 7) is 2.10. The van der Waals surface area contributed by atoms with Gasteiger partial charge in [-0.3, -0.25) is 4.79 Å². The summed E-state index contributed by atoms with van der Waals surface area (Å²) in [5.74, 6) is 0.0475. The summed E-state index contributed by atoms with van der Waals surface area (Å²) >= 11 is 0. The van der Waals surface area contributed by atoms with Gasteiger partial charge < -0.3 is 4.90 Å². The van der Waals surface area contributed by atoms with Crippen molar-refractivity contribution in [1.29, 1.82) is 0 Å². The van der Waals surface area contributed by atoms with Crippen molar-refractivity contribution in [3.63, 3.8) is 0 Å². The Morgan fingerprint density at radius 1 is 1.27 bits per heavy atom. The second kappa shape index (κ2) is 5.35. The van der Waals surface area contributed by atoms with Crippen LogP contribution in [0.1, 0.15) is 22.8 Å². The molecule has 0 spiro atoms. The van der Waals surface area contributed by atoms with Crippen LogP contribution in [-0.2, 0) is 6.42 Å². The van der Waals surface area contributed by atoms with Gasteiger partial charge >= 0.3 is 0 Å². The molecular formula is C13H17NO. The highest BCUT2D eigenvalue weighted by molar-refractivity contribution is 6.04. The van der Waals surface area contributed by atoms with Crippen LogP contribution in [-0.4, -0.2) is 24.8 Å². The summed E-state index contributed by atoms with van der Waals surface area (Å²) < 4.78 is 0. The molecule has 0 saturated carbocycles. The van der Waals surface area contributed by atoms with E-state index in [-0.39, 0.29) is 5.78 Å². The average molecular weight is 203 g/mol. The maximum Gasteiger partial charge on any atom is 0.187 e. The normalized spacial score (nSPS) is 10.6. The zero-order valence-electron chi connectivity index (χ0n) is 9.53. The third-order valence-electron chi connectivity index (χ3n) is 2.17. The largest absolute Gasteiger partial charge is 0.383 e. The molecule has 0 N–H and O–H groups in total. The van der Waals surface area contributed by atoms with Gasteiger partial charge in [-0.05, 0) is 12.0 Å². The summed E-state index contributed by atoms with van der Waals surface area (Å²) in [4.78, 5) is 13.5. The van der Waals surface area contributed by atoms with Crippen LogP contribution in [0.3, 0.4) is 0 Å². The maximum atomic E-state index is 11.6. The molecule has 0 unspecified atom stereocenters. The molecule has 0 aromatic heterocycles. The molecule has 0 atom stereocenters. The highest BCUT2D eigenvalue weighted by Crippen LogP contribution is 2.06. The molecule has 0 amide bonds. The second-order valence-corrected chi connectivity index (χ2v) is 3.69. The highest BCUT2D eigenvalue weighted by atomic mass is 16.1. The van der Waals surface area contributed by atoms with Gasteiger partial charge in [-0.25, -0.2) is 0 Å². The first kappa shape index (κ1) is 11.5. The topological polar surface area (TPSA) is 20.3 Å². The van der Waals surface area contributed by atoms with Gasteiger partial charge in [0.2, 0.25) is 0 Å². The predicted molar refractivity (Wildman–Crippen MR) is 63.0 cm³/mol. The summed E-state index contributed by atoms with van der Waals surface area (Å²) in [6.07, 6.45) is 4.35. The van der Waals surface area contributed by atoms with E-state index in [0.717, 1.165) is 12.0 Å². The first-order valence-electron chi connectivity index (χ1n) is 5.11. The van der Waals surface area contributed by atoms with E-state index < -0.39 is 0 Å². The van der Waals surface area contributed by atoms with Gasteiger partial charge in [0.1, 0.15) is 0 Å². The number of rotatable bonds is 4. The molecule has 1 aromatic carbocycles. The molecule has 0 aliphatic heterocycles. The lowest BCUT2D eigenvalue weighted by Crippen LogP contribution is -2.03. The van der Waals surface area contributed by atoms with E-state index in [1.165, 1.54) is 5.56 Å². The first-order chi connectivity index (χ1) is 7.13. The quantitative estimate of drug-likeness (QED) is 0.553. The molecular weight excluding hydrogens is 186 g/mol. The van der Waals surface area contributed by atoms with E-state index in [4.69, 9.17) is 0 Å². The molecule has 0 radical (unpaired) electrons. The summed E-state index contributed by atoms with van der Waals surface area (Å²) in [7, 11) is 3.79. The molecule has 0 heterocycles. The van der Waals surface area contributed by atoms with Crippen molar-refractivity contribution in [3.8, 4) is 0 Å². The number of benzene rings is 1. The molecule has 0 fully saturated rings. The van der Waals surface area contributed by atoms with Gasteiger partial charge in [0.25, 0.3) is 0 Å². The van der Waals surface area contributed by atoms with Crippen molar-refractivity contribution in [3.05, 3.63) is 47.7 Å². The number of hydrogen-bond donors (Lipinski definition) is 0. The van der Waals surface area contributed by atoms with Gasteiger partial charge in [0, 0.05) is 31.9 Å². The third-order valence-corrected chi connectivity index (χ3v) is 2.17. The van der Waals surface area contributed by atoms with Gasteiger partial charge in [-0.15, -0.1) is 0 Å². The summed E-state index contributed by atoms with van der Waals surface area (Å²) in [6, 6.07) is 7.75. The monoisotopic (exact) mass is 203 g/mol. The zero-order valence-corrected chi connectivity index (χ0v) is 9.53. The molecule has 80 valence electrons. The predicted octanol–water partition coefficient (Wildman–Crippen LogP) is 2.51. The van der Waals surface area contributed by atoms with Crippen LogP contribution in [0.2, 0.25) is 0 Å². The lowest BCUT2D eigenvalue weighted by Gasteiger charge is -2.03. The average Bonchev–Trinajstić information content (AvgIpc) is 2.26. The minimum Gasteiger partial charge on any atom is -0.383 e. The first-order valence-corrected chi connectivity index (χ1v) is 5.11. The van der Waals surface area contributed by atoms with E-state index in [1.807, 2.05) is 43.3 Å². The fourth-order valence-corrected chi connectivity index (χ4v) is 1.22. The van der Waals surface area contributed by atoms with Crippen molar-refractivity contribution in [2.75, 3.05) is 14.1 Å². The zero-order chi connectivity index (χ0) is 11.3. The van der Waals surface area contributed by atoms with E-state index in [0.29, 0.717) is 0 Å². The summed E-state index contributed by atoms with van der Waals surface area (Å²) in [5, 5.41) is 0. The minimum atomic E-state index is 0.0475. The van der Waals surface area contributed by atoms with Crippen molar-refractivity contribution in [1.82, 2.24) is 4.90 Å². The smallest absolute Gasteiger partial charge is 0.187 e. The maximum absolute atomic E-state index is 11.6. The van der Waals surface area contributed by atoms with Crippen LogP contribution >= 0.6 is 0 Å². The van der Waals surface area contributed by atoms with Crippen molar-refractivity contribution in [2.24, 2.45) is 0 Å². The number of allylic oxidation sites excluding steroid dienone is 1. The van der Waals surface area contributed by atoms with Crippen molar-refractivity contribution < 1.29 is 4.79 Å². The Kier molecular flexibility index (Phi) is 4.10. The highest BCUT2D eigenvalue weighted by Gasteiger charge is 2.00. The summed E-state index contributed by atoms with van der Waals surface area (Å²) in [5.41, 5.74) is 1.99. The second-order valence-electron chi connectivity index (χ2n) is 3.69. The van der Waals surface area contributed by atoms with Gasteiger partial charge in [0.05, 0.1) is 0 Å². The number of ketones is 1. The van der Waals surface area contributed by atoms with Crippen LogP contribution in [0.15, 0.2) is 36.5 Å². The molecule has 0 saturated heterocycles. The van der Waals surface area contributed by atoms with Crippen LogP contribution in [0, 0.1) is 0 Å². The molecule has 0 aliphatic carbocycles. The van der Waals surface area contributed by atoms with Crippen LogP contribution < -0.4 is 0 Å². The Balaban J connectivity index is 2.74. The van der Waals surface area contributed by atoms with Crippen LogP contribution in [0.4, 0.5) is 0 Å². The van der Waals surface area contributed by atoms with E-state index in [2.05, 4.69) is 6.92 Å².